The van der Waals surface area contributed by atoms with Crippen LogP contribution in [0.4, 0.5) is 15.9 Å². The van der Waals surface area contributed by atoms with Gasteiger partial charge in [0.2, 0.25) is 0 Å². The van der Waals surface area contributed by atoms with E-state index in [9.17, 15) is 4.39 Å². The SMILES string of the molecule is Fc1cc(Br)cnc1Nc1ccc(Br)c2ccccc12. The van der Waals surface area contributed by atoms with E-state index >= 15 is 0 Å². The van der Waals surface area contributed by atoms with E-state index in [0.717, 1.165) is 20.9 Å². The highest BCUT2D eigenvalue weighted by Crippen LogP contribution is 2.32. The lowest BCUT2D eigenvalue weighted by molar-refractivity contribution is 0.625. The molecule has 1 N–H and O–H groups in total. The van der Waals surface area contributed by atoms with E-state index in [1.165, 1.54) is 6.07 Å². The largest absolute Gasteiger partial charge is 0.337 e. The van der Waals surface area contributed by atoms with Crippen LogP contribution in [0.15, 0.2) is 57.6 Å². The summed E-state index contributed by atoms with van der Waals surface area (Å²) < 4.78 is 15.5. The molecule has 2 aromatic carbocycles. The van der Waals surface area contributed by atoms with Gasteiger partial charge >= 0.3 is 0 Å². The Kier molecular flexibility index (Phi) is 3.72. The van der Waals surface area contributed by atoms with Crippen molar-refractivity contribution in [3.8, 4) is 0 Å². The van der Waals surface area contributed by atoms with Gasteiger partial charge in [-0.15, -0.1) is 0 Å². The number of aromatic nitrogens is 1. The minimum Gasteiger partial charge on any atom is -0.337 e. The van der Waals surface area contributed by atoms with Crippen LogP contribution in [0.2, 0.25) is 0 Å². The summed E-state index contributed by atoms with van der Waals surface area (Å²) in [6, 6.07) is 13.1. The maximum absolute atomic E-state index is 13.9. The third kappa shape index (κ3) is 2.55. The van der Waals surface area contributed by atoms with E-state index in [2.05, 4.69) is 42.2 Å². The predicted molar refractivity (Wildman–Crippen MR) is 86.8 cm³/mol. The molecule has 0 saturated carbocycles. The van der Waals surface area contributed by atoms with Crippen LogP contribution in [0, 0.1) is 5.82 Å². The zero-order valence-corrected chi connectivity index (χ0v) is 13.4. The van der Waals surface area contributed by atoms with E-state index in [1.54, 1.807) is 6.20 Å². The van der Waals surface area contributed by atoms with Gasteiger partial charge in [-0.3, -0.25) is 0 Å². The maximum atomic E-state index is 13.9. The number of anilines is 2. The van der Waals surface area contributed by atoms with Gasteiger partial charge < -0.3 is 5.32 Å². The van der Waals surface area contributed by atoms with Crippen molar-refractivity contribution >= 4 is 54.1 Å². The first kappa shape index (κ1) is 13.5. The molecule has 0 amide bonds. The van der Waals surface area contributed by atoms with Crippen LogP contribution in [-0.4, -0.2) is 4.98 Å². The first-order valence-electron chi connectivity index (χ1n) is 5.90. The van der Waals surface area contributed by atoms with Crippen LogP contribution >= 0.6 is 31.9 Å². The molecule has 20 heavy (non-hydrogen) atoms. The minimum absolute atomic E-state index is 0.209. The summed E-state index contributed by atoms with van der Waals surface area (Å²) >= 11 is 6.71. The third-order valence-electron chi connectivity index (χ3n) is 2.93. The number of halogens is 3. The Morgan fingerprint density at radius 2 is 1.75 bits per heavy atom. The molecule has 5 heteroatoms. The average Bonchev–Trinajstić information content (AvgIpc) is 2.45. The number of hydrogen-bond donors (Lipinski definition) is 1. The summed E-state index contributed by atoms with van der Waals surface area (Å²) in [5, 5.41) is 5.11. The molecular weight excluding hydrogens is 387 g/mol. The molecule has 0 saturated heterocycles. The average molecular weight is 396 g/mol. The molecule has 100 valence electrons. The van der Waals surface area contributed by atoms with Gasteiger partial charge in [0.1, 0.15) is 0 Å². The molecule has 1 aromatic heterocycles. The second kappa shape index (κ2) is 5.50. The molecule has 0 bridgehead atoms. The number of rotatable bonds is 2. The zero-order chi connectivity index (χ0) is 14.1. The molecule has 0 radical (unpaired) electrons. The van der Waals surface area contributed by atoms with Crippen molar-refractivity contribution in [2.24, 2.45) is 0 Å². The van der Waals surface area contributed by atoms with Crippen molar-refractivity contribution in [3.63, 3.8) is 0 Å². The smallest absolute Gasteiger partial charge is 0.166 e. The lowest BCUT2D eigenvalue weighted by atomic mass is 10.1. The van der Waals surface area contributed by atoms with E-state index in [4.69, 9.17) is 0 Å². The highest BCUT2D eigenvalue weighted by atomic mass is 79.9. The summed E-state index contributed by atoms with van der Waals surface area (Å²) in [6.07, 6.45) is 1.56. The summed E-state index contributed by atoms with van der Waals surface area (Å²) in [5.41, 5.74) is 0.817. The fourth-order valence-corrected chi connectivity index (χ4v) is 2.79. The molecule has 0 fully saturated rings. The Hall–Kier alpha value is -1.46. The standard InChI is InChI=1S/C15H9Br2FN2/c16-9-7-13(18)15(19-8-9)20-14-6-5-12(17)10-3-1-2-4-11(10)14/h1-8H,(H,19,20). The van der Waals surface area contributed by atoms with Crippen molar-refractivity contribution in [3.05, 3.63) is 63.4 Å². The summed E-state index contributed by atoms with van der Waals surface area (Å²) in [4.78, 5) is 4.06. The second-order valence-electron chi connectivity index (χ2n) is 4.25. The first-order valence-corrected chi connectivity index (χ1v) is 7.49. The molecule has 3 rings (SSSR count). The van der Waals surface area contributed by atoms with Gasteiger partial charge in [-0.1, -0.05) is 40.2 Å². The van der Waals surface area contributed by atoms with E-state index in [-0.39, 0.29) is 5.82 Å². The second-order valence-corrected chi connectivity index (χ2v) is 6.02. The molecular formula is C15H9Br2FN2. The fourth-order valence-electron chi connectivity index (χ4n) is 2.01. The van der Waals surface area contributed by atoms with Crippen LogP contribution < -0.4 is 5.32 Å². The van der Waals surface area contributed by atoms with Crippen molar-refractivity contribution < 1.29 is 4.39 Å². The zero-order valence-electron chi connectivity index (χ0n) is 10.2. The van der Waals surface area contributed by atoms with E-state index in [1.807, 2.05) is 36.4 Å². The van der Waals surface area contributed by atoms with Crippen molar-refractivity contribution in [2.45, 2.75) is 0 Å². The molecule has 0 aliphatic heterocycles. The van der Waals surface area contributed by atoms with Crippen LogP contribution in [0.25, 0.3) is 10.8 Å². The Morgan fingerprint density at radius 1 is 1.00 bits per heavy atom. The summed E-state index contributed by atoms with van der Waals surface area (Å²) in [7, 11) is 0. The van der Waals surface area contributed by atoms with Gasteiger partial charge in [0.25, 0.3) is 0 Å². The monoisotopic (exact) mass is 394 g/mol. The number of nitrogens with zero attached hydrogens (tertiary/aromatic N) is 1. The van der Waals surface area contributed by atoms with Gasteiger partial charge in [0.05, 0.1) is 0 Å². The van der Waals surface area contributed by atoms with E-state index in [0.29, 0.717) is 4.47 Å². The number of benzene rings is 2. The third-order valence-corrected chi connectivity index (χ3v) is 4.06. The fraction of sp³-hybridized carbons (Fsp3) is 0. The topological polar surface area (TPSA) is 24.9 Å². The molecule has 3 aromatic rings. The van der Waals surface area contributed by atoms with Crippen LogP contribution in [0.5, 0.6) is 0 Å². The quantitative estimate of drug-likeness (QED) is 0.607. The maximum Gasteiger partial charge on any atom is 0.166 e. The number of fused-ring (bicyclic) bond motifs is 1. The molecule has 0 spiro atoms. The molecule has 0 atom stereocenters. The molecule has 0 aliphatic rings. The van der Waals surface area contributed by atoms with Gasteiger partial charge in [-0.2, -0.15) is 0 Å². The Balaban J connectivity index is 2.09. The van der Waals surface area contributed by atoms with Crippen LogP contribution in [-0.2, 0) is 0 Å². The number of nitrogens with one attached hydrogen (secondary N) is 1. The Morgan fingerprint density at radius 3 is 2.50 bits per heavy atom. The summed E-state index contributed by atoms with van der Waals surface area (Å²) in [6.45, 7) is 0. The number of hydrogen-bond acceptors (Lipinski definition) is 2. The molecule has 1 heterocycles. The highest BCUT2D eigenvalue weighted by molar-refractivity contribution is 9.11. The lowest BCUT2D eigenvalue weighted by Gasteiger charge is -2.11. The van der Waals surface area contributed by atoms with Gasteiger partial charge in [0.15, 0.2) is 11.6 Å². The van der Waals surface area contributed by atoms with Gasteiger partial charge in [-0.05, 0) is 39.5 Å². The van der Waals surface area contributed by atoms with Crippen molar-refractivity contribution in [1.29, 1.82) is 0 Å². The highest BCUT2D eigenvalue weighted by Gasteiger charge is 2.08. The molecule has 0 unspecified atom stereocenters. The Bertz CT molecular complexity index is 790. The number of pyridine rings is 1. The predicted octanol–water partition coefficient (Wildman–Crippen LogP) is 5.64. The van der Waals surface area contributed by atoms with E-state index < -0.39 is 5.82 Å². The molecule has 0 aliphatic carbocycles. The molecule has 2 nitrogen and oxygen atoms in total. The lowest BCUT2D eigenvalue weighted by Crippen LogP contribution is -1.97. The normalized spacial score (nSPS) is 10.8. The Labute approximate surface area is 132 Å². The van der Waals surface area contributed by atoms with Crippen LogP contribution in [0.1, 0.15) is 0 Å². The van der Waals surface area contributed by atoms with Gasteiger partial charge in [-0.25, -0.2) is 9.37 Å². The first-order chi connectivity index (χ1) is 9.65. The van der Waals surface area contributed by atoms with Crippen molar-refractivity contribution in [2.75, 3.05) is 5.32 Å². The van der Waals surface area contributed by atoms with Gasteiger partial charge in [0, 0.05) is 26.2 Å². The summed E-state index contributed by atoms with van der Waals surface area (Å²) in [5.74, 6) is -0.188. The van der Waals surface area contributed by atoms with Crippen molar-refractivity contribution in [1.82, 2.24) is 4.98 Å². The van der Waals surface area contributed by atoms with Crippen LogP contribution in [0.3, 0.4) is 0 Å². The minimum atomic E-state index is -0.397.